The molecule has 2 aliphatic rings. The zero-order valence-corrected chi connectivity index (χ0v) is 10.1. The van der Waals surface area contributed by atoms with Gasteiger partial charge in [-0.3, -0.25) is 4.79 Å². The average molecular weight is 224 g/mol. The Morgan fingerprint density at radius 3 is 2.56 bits per heavy atom. The Morgan fingerprint density at radius 2 is 1.88 bits per heavy atom. The van der Waals surface area contributed by atoms with Gasteiger partial charge >= 0.3 is 0 Å². The first kappa shape index (κ1) is 11.9. The van der Waals surface area contributed by atoms with Gasteiger partial charge in [0.2, 0.25) is 5.91 Å². The van der Waals surface area contributed by atoms with E-state index in [1.165, 1.54) is 44.9 Å². The van der Waals surface area contributed by atoms with Crippen LogP contribution in [0.25, 0.3) is 0 Å². The molecule has 0 aromatic rings. The quantitative estimate of drug-likeness (QED) is 0.765. The van der Waals surface area contributed by atoms with E-state index in [4.69, 9.17) is 0 Å². The zero-order valence-electron chi connectivity index (χ0n) is 10.1. The topological polar surface area (TPSA) is 41.1 Å². The van der Waals surface area contributed by atoms with Gasteiger partial charge in [0.15, 0.2) is 0 Å². The predicted octanol–water partition coefficient (Wildman–Crippen LogP) is 1.82. The molecular formula is C13H24N2O. The molecule has 3 nitrogen and oxygen atoms in total. The molecule has 92 valence electrons. The summed E-state index contributed by atoms with van der Waals surface area (Å²) < 4.78 is 0. The molecular weight excluding hydrogens is 200 g/mol. The van der Waals surface area contributed by atoms with Gasteiger partial charge in [-0.25, -0.2) is 0 Å². The van der Waals surface area contributed by atoms with Crippen molar-refractivity contribution in [3.63, 3.8) is 0 Å². The van der Waals surface area contributed by atoms with Crippen molar-refractivity contribution in [3.05, 3.63) is 0 Å². The van der Waals surface area contributed by atoms with Gasteiger partial charge in [-0.1, -0.05) is 32.1 Å². The van der Waals surface area contributed by atoms with Crippen molar-refractivity contribution in [1.29, 1.82) is 0 Å². The lowest BCUT2D eigenvalue weighted by atomic mass is 10.0. The summed E-state index contributed by atoms with van der Waals surface area (Å²) in [6, 6.07) is 0.0809. The first-order valence-electron chi connectivity index (χ1n) is 6.87. The fraction of sp³-hybridized carbons (Fsp3) is 0.923. The van der Waals surface area contributed by atoms with Crippen LogP contribution in [0.15, 0.2) is 0 Å². The van der Waals surface area contributed by atoms with Gasteiger partial charge in [0, 0.05) is 6.54 Å². The molecule has 3 heteroatoms. The van der Waals surface area contributed by atoms with Crippen LogP contribution >= 0.6 is 0 Å². The summed E-state index contributed by atoms with van der Waals surface area (Å²) in [6.07, 6.45) is 10.1. The highest BCUT2D eigenvalue weighted by molar-refractivity contribution is 5.81. The van der Waals surface area contributed by atoms with Gasteiger partial charge in [-0.05, 0) is 31.7 Å². The molecule has 1 saturated carbocycles. The molecule has 2 fully saturated rings. The first-order valence-corrected chi connectivity index (χ1v) is 6.87. The van der Waals surface area contributed by atoms with Crippen LogP contribution in [0, 0.1) is 5.92 Å². The molecule has 1 aliphatic heterocycles. The Labute approximate surface area is 98.4 Å². The summed E-state index contributed by atoms with van der Waals surface area (Å²) in [7, 11) is 0. The van der Waals surface area contributed by atoms with E-state index in [1.807, 2.05) is 0 Å². The molecule has 0 unspecified atom stereocenters. The highest BCUT2D eigenvalue weighted by atomic mass is 16.2. The van der Waals surface area contributed by atoms with Gasteiger partial charge in [0.25, 0.3) is 0 Å². The smallest absolute Gasteiger partial charge is 0.237 e. The molecule has 1 amide bonds. The van der Waals surface area contributed by atoms with E-state index in [9.17, 15) is 4.79 Å². The minimum absolute atomic E-state index is 0.0809. The Bertz CT molecular complexity index is 218. The second-order valence-corrected chi connectivity index (χ2v) is 5.23. The van der Waals surface area contributed by atoms with Crippen molar-refractivity contribution in [2.75, 3.05) is 13.1 Å². The number of rotatable bonds is 4. The third-order valence-corrected chi connectivity index (χ3v) is 3.95. The average Bonchev–Trinajstić information content (AvgIpc) is 2.83. The van der Waals surface area contributed by atoms with E-state index in [0.717, 1.165) is 25.4 Å². The first-order chi connectivity index (χ1) is 7.86. The molecule has 0 aromatic heterocycles. The number of piperidine rings is 1. The van der Waals surface area contributed by atoms with E-state index in [1.54, 1.807) is 0 Å². The fourth-order valence-electron chi connectivity index (χ4n) is 2.90. The lowest BCUT2D eigenvalue weighted by Gasteiger charge is -2.22. The largest absolute Gasteiger partial charge is 0.355 e. The van der Waals surface area contributed by atoms with E-state index in [-0.39, 0.29) is 11.9 Å². The Morgan fingerprint density at radius 1 is 1.12 bits per heavy atom. The van der Waals surface area contributed by atoms with Crippen LogP contribution in [-0.2, 0) is 4.79 Å². The van der Waals surface area contributed by atoms with Crippen LogP contribution in [0.1, 0.15) is 51.4 Å². The van der Waals surface area contributed by atoms with Crippen LogP contribution < -0.4 is 10.6 Å². The predicted molar refractivity (Wildman–Crippen MR) is 65.2 cm³/mol. The van der Waals surface area contributed by atoms with Crippen molar-refractivity contribution in [2.45, 2.75) is 57.4 Å². The Balaban J connectivity index is 1.59. The van der Waals surface area contributed by atoms with Crippen molar-refractivity contribution in [2.24, 2.45) is 5.92 Å². The number of carbonyl (C=O) groups excluding carboxylic acids is 1. The summed E-state index contributed by atoms with van der Waals surface area (Å²) >= 11 is 0. The number of carbonyl (C=O) groups is 1. The van der Waals surface area contributed by atoms with Crippen LogP contribution in [0.3, 0.4) is 0 Å². The van der Waals surface area contributed by atoms with Crippen LogP contribution in [0.4, 0.5) is 0 Å². The van der Waals surface area contributed by atoms with Crippen molar-refractivity contribution >= 4 is 5.91 Å². The normalized spacial score (nSPS) is 26.9. The molecule has 1 aliphatic carbocycles. The Kier molecular flexibility index (Phi) is 4.64. The van der Waals surface area contributed by atoms with Crippen molar-refractivity contribution in [1.82, 2.24) is 10.6 Å². The van der Waals surface area contributed by atoms with E-state index in [2.05, 4.69) is 10.6 Å². The van der Waals surface area contributed by atoms with Gasteiger partial charge in [-0.2, -0.15) is 0 Å². The number of amides is 1. The van der Waals surface area contributed by atoms with Crippen LogP contribution in [0.5, 0.6) is 0 Å². The maximum Gasteiger partial charge on any atom is 0.237 e. The third kappa shape index (κ3) is 3.48. The van der Waals surface area contributed by atoms with Crippen molar-refractivity contribution < 1.29 is 4.79 Å². The summed E-state index contributed by atoms with van der Waals surface area (Å²) in [4.78, 5) is 11.8. The van der Waals surface area contributed by atoms with Gasteiger partial charge < -0.3 is 10.6 Å². The molecule has 2 rings (SSSR count). The summed E-state index contributed by atoms with van der Waals surface area (Å²) in [5.74, 6) is 1.09. The second kappa shape index (κ2) is 6.24. The molecule has 1 atom stereocenters. The number of nitrogens with one attached hydrogen (secondary N) is 2. The molecule has 0 radical (unpaired) electrons. The second-order valence-electron chi connectivity index (χ2n) is 5.23. The van der Waals surface area contributed by atoms with Crippen LogP contribution in [-0.4, -0.2) is 25.0 Å². The highest BCUT2D eigenvalue weighted by Crippen LogP contribution is 2.26. The maximum absolute atomic E-state index is 11.8. The standard InChI is InChI=1S/C13H24N2O/c16-13(12-7-3-4-9-14-12)15-10-8-11-5-1-2-6-11/h11-12,14H,1-10H2,(H,15,16)/t12-/m1/s1. The van der Waals surface area contributed by atoms with Gasteiger partial charge in [0.1, 0.15) is 0 Å². The number of hydrogen-bond acceptors (Lipinski definition) is 2. The fourth-order valence-corrected chi connectivity index (χ4v) is 2.90. The zero-order chi connectivity index (χ0) is 11.2. The van der Waals surface area contributed by atoms with Crippen LogP contribution in [0.2, 0.25) is 0 Å². The third-order valence-electron chi connectivity index (χ3n) is 3.95. The van der Waals surface area contributed by atoms with Gasteiger partial charge in [0.05, 0.1) is 6.04 Å². The lowest BCUT2D eigenvalue weighted by molar-refractivity contribution is -0.123. The molecule has 16 heavy (non-hydrogen) atoms. The Hall–Kier alpha value is -0.570. The monoisotopic (exact) mass is 224 g/mol. The highest BCUT2D eigenvalue weighted by Gasteiger charge is 2.20. The molecule has 0 spiro atoms. The minimum Gasteiger partial charge on any atom is -0.355 e. The van der Waals surface area contributed by atoms with Crippen molar-refractivity contribution in [3.8, 4) is 0 Å². The maximum atomic E-state index is 11.8. The molecule has 2 N–H and O–H groups in total. The van der Waals surface area contributed by atoms with E-state index >= 15 is 0 Å². The molecule has 1 heterocycles. The molecule has 1 saturated heterocycles. The summed E-state index contributed by atoms with van der Waals surface area (Å²) in [5, 5.41) is 6.36. The molecule has 0 aromatic carbocycles. The summed E-state index contributed by atoms with van der Waals surface area (Å²) in [6.45, 7) is 1.88. The molecule has 0 bridgehead atoms. The van der Waals surface area contributed by atoms with E-state index < -0.39 is 0 Å². The van der Waals surface area contributed by atoms with E-state index in [0.29, 0.717) is 0 Å². The summed E-state index contributed by atoms with van der Waals surface area (Å²) in [5.41, 5.74) is 0. The SMILES string of the molecule is O=C(NCCC1CCCC1)[C@H]1CCCCN1. The lowest BCUT2D eigenvalue weighted by Crippen LogP contribution is -2.46. The minimum atomic E-state index is 0.0809. The van der Waals surface area contributed by atoms with Gasteiger partial charge in [-0.15, -0.1) is 0 Å². The number of hydrogen-bond donors (Lipinski definition) is 2.